The van der Waals surface area contributed by atoms with Crippen LogP contribution >= 0.6 is 0 Å². The highest BCUT2D eigenvalue weighted by atomic mass is 32.2. The van der Waals surface area contributed by atoms with Crippen molar-refractivity contribution < 1.29 is 18.0 Å². The molecule has 114 valence electrons. The van der Waals surface area contributed by atoms with Gasteiger partial charge in [0.15, 0.2) is 0 Å². The lowest BCUT2D eigenvalue weighted by Crippen LogP contribution is -2.40. The molecule has 0 bridgehead atoms. The van der Waals surface area contributed by atoms with Gasteiger partial charge in [0.05, 0.1) is 16.9 Å². The van der Waals surface area contributed by atoms with Gasteiger partial charge in [0, 0.05) is 12.6 Å². The summed E-state index contributed by atoms with van der Waals surface area (Å²) >= 11 is 0. The van der Waals surface area contributed by atoms with Crippen LogP contribution in [0.15, 0.2) is 24.3 Å². The average molecular weight is 310 g/mol. The van der Waals surface area contributed by atoms with E-state index in [1.807, 2.05) is 6.92 Å². The van der Waals surface area contributed by atoms with E-state index in [1.165, 1.54) is 0 Å². The second-order valence-corrected chi connectivity index (χ2v) is 6.93. The number of sulfonamides is 1. The van der Waals surface area contributed by atoms with Gasteiger partial charge >= 0.3 is 0 Å². The van der Waals surface area contributed by atoms with E-state index in [0.29, 0.717) is 17.5 Å². The Bertz CT molecular complexity index is 634. The summed E-state index contributed by atoms with van der Waals surface area (Å²) in [6.45, 7) is 3.50. The number of benzene rings is 1. The van der Waals surface area contributed by atoms with Crippen molar-refractivity contribution >= 4 is 21.8 Å². The minimum atomic E-state index is -3.51. The van der Waals surface area contributed by atoms with Crippen LogP contribution < -0.4 is 4.72 Å². The predicted octanol–water partition coefficient (Wildman–Crippen LogP) is 1.00. The first-order valence-corrected chi connectivity index (χ1v) is 8.46. The SMILES string of the molecule is CCC(C)NS(=O)(=O)CCN1C(=O)c2ccccc2C1=O. The summed E-state index contributed by atoms with van der Waals surface area (Å²) < 4.78 is 26.3. The van der Waals surface area contributed by atoms with Gasteiger partial charge in [-0.1, -0.05) is 19.1 Å². The van der Waals surface area contributed by atoms with E-state index in [2.05, 4.69) is 4.72 Å². The highest BCUT2D eigenvalue weighted by Gasteiger charge is 2.35. The topological polar surface area (TPSA) is 83.6 Å². The molecule has 2 rings (SSSR count). The first kappa shape index (κ1) is 15.7. The first-order chi connectivity index (χ1) is 9.85. The number of hydrogen-bond donors (Lipinski definition) is 1. The van der Waals surface area contributed by atoms with Crippen LogP contribution in [0.5, 0.6) is 0 Å². The number of imide groups is 1. The predicted molar refractivity (Wildman–Crippen MR) is 78.5 cm³/mol. The molecule has 7 heteroatoms. The zero-order valence-corrected chi connectivity index (χ0v) is 12.8. The molecule has 1 aromatic carbocycles. The van der Waals surface area contributed by atoms with Crippen molar-refractivity contribution in [2.45, 2.75) is 26.3 Å². The molecule has 0 fully saturated rings. The summed E-state index contributed by atoms with van der Waals surface area (Å²) in [5.41, 5.74) is 0.657. The highest BCUT2D eigenvalue weighted by Crippen LogP contribution is 2.22. The molecule has 0 saturated heterocycles. The second kappa shape index (κ2) is 5.95. The molecule has 6 nitrogen and oxygen atoms in total. The van der Waals surface area contributed by atoms with Gasteiger partial charge in [-0.2, -0.15) is 0 Å². The Kier molecular flexibility index (Phi) is 4.43. The Balaban J connectivity index is 2.06. The Morgan fingerprint density at radius 1 is 1.14 bits per heavy atom. The fourth-order valence-electron chi connectivity index (χ4n) is 2.10. The zero-order chi connectivity index (χ0) is 15.6. The molecule has 1 heterocycles. The number of rotatable bonds is 6. The van der Waals surface area contributed by atoms with Crippen molar-refractivity contribution in [2.24, 2.45) is 0 Å². The molecular formula is C14H18N2O4S. The van der Waals surface area contributed by atoms with Gasteiger partial charge in [-0.25, -0.2) is 13.1 Å². The standard InChI is InChI=1S/C14H18N2O4S/c1-3-10(2)15-21(19,20)9-8-16-13(17)11-6-4-5-7-12(11)14(16)18/h4-7,10,15H,3,8-9H2,1-2H3. The molecule has 0 aromatic heterocycles. The smallest absolute Gasteiger partial charge is 0.261 e. The minimum absolute atomic E-state index is 0.141. The second-order valence-electron chi connectivity index (χ2n) is 5.05. The summed E-state index contributed by atoms with van der Waals surface area (Å²) in [6, 6.07) is 6.32. The van der Waals surface area contributed by atoms with Crippen molar-refractivity contribution in [3.63, 3.8) is 0 Å². The lowest BCUT2D eigenvalue weighted by atomic mass is 10.1. The molecule has 1 atom stereocenters. The molecule has 0 radical (unpaired) electrons. The van der Waals surface area contributed by atoms with Crippen molar-refractivity contribution in [3.8, 4) is 0 Å². The fraction of sp³-hybridized carbons (Fsp3) is 0.429. The maximum atomic E-state index is 12.1. The third kappa shape index (κ3) is 3.30. The van der Waals surface area contributed by atoms with E-state index in [0.717, 1.165) is 4.90 Å². The molecule has 0 spiro atoms. The Morgan fingerprint density at radius 2 is 1.67 bits per heavy atom. The largest absolute Gasteiger partial charge is 0.273 e. The van der Waals surface area contributed by atoms with E-state index >= 15 is 0 Å². The third-order valence-electron chi connectivity index (χ3n) is 3.45. The number of nitrogens with one attached hydrogen (secondary N) is 1. The van der Waals surface area contributed by atoms with Gasteiger partial charge in [-0.3, -0.25) is 14.5 Å². The number of carbonyl (C=O) groups is 2. The van der Waals surface area contributed by atoms with Gasteiger partial charge in [-0.15, -0.1) is 0 Å². The van der Waals surface area contributed by atoms with Crippen LogP contribution in [0.25, 0.3) is 0 Å². The van der Waals surface area contributed by atoms with E-state index in [1.54, 1.807) is 31.2 Å². The lowest BCUT2D eigenvalue weighted by Gasteiger charge is -2.16. The first-order valence-electron chi connectivity index (χ1n) is 6.81. The number of nitrogens with zero attached hydrogens (tertiary/aromatic N) is 1. The molecule has 2 amide bonds. The average Bonchev–Trinajstić information content (AvgIpc) is 2.69. The molecule has 0 saturated carbocycles. The van der Waals surface area contributed by atoms with Crippen molar-refractivity contribution in [2.75, 3.05) is 12.3 Å². The van der Waals surface area contributed by atoms with Crippen molar-refractivity contribution in [1.29, 1.82) is 0 Å². The summed E-state index contributed by atoms with van der Waals surface area (Å²) in [6.07, 6.45) is 0.673. The summed E-state index contributed by atoms with van der Waals surface area (Å²) in [5, 5.41) is 0. The fourth-order valence-corrected chi connectivity index (χ4v) is 3.42. The van der Waals surface area contributed by atoms with E-state index in [-0.39, 0.29) is 18.3 Å². The normalized spacial score (nSPS) is 16.2. The molecule has 1 unspecified atom stereocenters. The van der Waals surface area contributed by atoms with Crippen LogP contribution in [0, 0.1) is 0 Å². The quantitative estimate of drug-likeness (QED) is 0.795. The van der Waals surface area contributed by atoms with Gasteiger partial charge in [0.25, 0.3) is 11.8 Å². The minimum Gasteiger partial charge on any atom is -0.273 e. The molecule has 21 heavy (non-hydrogen) atoms. The van der Waals surface area contributed by atoms with Crippen molar-refractivity contribution in [3.05, 3.63) is 35.4 Å². The Morgan fingerprint density at radius 3 is 2.14 bits per heavy atom. The van der Waals surface area contributed by atoms with Crippen LogP contribution in [-0.2, 0) is 10.0 Å². The lowest BCUT2D eigenvalue weighted by molar-refractivity contribution is 0.0664. The third-order valence-corrected chi connectivity index (χ3v) is 4.94. The number of carbonyl (C=O) groups excluding carboxylic acids is 2. The number of amides is 2. The molecule has 0 aliphatic carbocycles. The Labute approximate surface area is 124 Å². The van der Waals surface area contributed by atoms with Crippen molar-refractivity contribution in [1.82, 2.24) is 9.62 Å². The summed E-state index contributed by atoms with van der Waals surface area (Å²) in [4.78, 5) is 25.2. The van der Waals surface area contributed by atoms with Crippen LogP contribution in [0.4, 0.5) is 0 Å². The van der Waals surface area contributed by atoms with Crippen LogP contribution in [-0.4, -0.2) is 43.5 Å². The maximum Gasteiger partial charge on any atom is 0.261 e. The summed E-state index contributed by atoms with van der Waals surface area (Å²) in [5.74, 6) is -1.16. The zero-order valence-electron chi connectivity index (χ0n) is 12.0. The van der Waals surface area contributed by atoms with Gasteiger partial charge in [0.1, 0.15) is 0 Å². The Hall–Kier alpha value is -1.73. The van der Waals surface area contributed by atoms with Crippen LogP contribution in [0.1, 0.15) is 41.0 Å². The molecule has 1 aromatic rings. The number of fused-ring (bicyclic) bond motifs is 1. The van der Waals surface area contributed by atoms with E-state index < -0.39 is 21.8 Å². The highest BCUT2D eigenvalue weighted by molar-refractivity contribution is 7.89. The maximum absolute atomic E-state index is 12.1. The van der Waals surface area contributed by atoms with E-state index in [4.69, 9.17) is 0 Å². The summed E-state index contributed by atoms with van der Waals surface area (Å²) in [7, 11) is -3.51. The monoisotopic (exact) mass is 310 g/mol. The van der Waals surface area contributed by atoms with Gasteiger partial charge in [-0.05, 0) is 25.5 Å². The van der Waals surface area contributed by atoms with Crippen LogP contribution in [0.2, 0.25) is 0 Å². The van der Waals surface area contributed by atoms with Gasteiger partial charge in [0.2, 0.25) is 10.0 Å². The molecule has 1 N–H and O–H groups in total. The van der Waals surface area contributed by atoms with E-state index in [9.17, 15) is 18.0 Å². The molecule has 1 aliphatic rings. The van der Waals surface area contributed by atoms with Gasteiger partial charge < -0.3 is 0 Å². The molecule has 1 aliphatic heterocycles. The number of hydrogen-bond acceptors (Lipinski definition) is 4. The van der Waals surface area contributed by atoms with Crippen LogP contribution in [0.3, 0.4) is 0 Å². The molecular weight excluding hydrogens is 292 g/mol.